The number of carbonyl (C=O) groups excluding carboxylic acids is 2. The van der Waals surface area contributed by atoms with Crippen LogP contribution in [0.4, 0.5) is 5.69 Å². The molecule has 0 bridgehead atoms. The van der Waals surface area contributed by atoms with Gasteiger partial charge in [0.25, 0.3) is 0 Å². The Hall–Kier alpha value is -2.66. The number of carbonyl (C=O) groups is 2. The van der Waals surface area contributed by atoms with Crippen molar-refractivity contribution in [1.29, 1.82) is 0 Å². The minimum Gasteiger partial charge on any atom is -0.317 e. The molecule has 2 aromatic carbocycles. The molecule has 2 amide bonds. The SMILES string of the molecule is CCc1cccc(CC)c1NC(=O)C(=O)N/N=C\c1ccc(Cl)cc1. The summed E-state index contributed by atoms with van der Waals surface area (Å²) in [5.74, 6) is -1.57. The lowest BCUT2D eigenvalue weighted by Crippen LogP contribution is -2.33. The Labute approximate surface area is 152 Å². The van der Waals surface area contributed by atoms with Crippen LogP contribution in [0.2, 0.25) is 5.02 Å². The molecule has 2 aromatic rings. The van der Waals surface area contributed by atoms with Gasteiger partial charge in [0.15, 0.2) is 0 Å². The summed E-state index contributed by atoms with van der Waals surface area (Å²) in [7, 11) is 0. The summed E-state index contributed by atoms with van der Waals surface area (Å²) in [6.07, 6.45) is 2.97. The van der Waals surface area contributed by atoms with Gasteiger partial charge in [0.2, 0.25) is 0 Å². The third kappa shape index (κ3) is 5.16. The molecule has 0 aromatic heterocycles. The highest BCUT2D eigenvalue weighted by molar-refractivity contribution is 6.39. The molecule has 130 valence electrons. The molecule has 0 unspecified atom stereocenters. The number of nitrogens with zero attached hydrogens (tertiary/aromatic N) is 1. The Bertz CT molecular complexity index is 764. The maximum atomic E-state index is 12.1. The Kier molecular flexibility index (Phi) is 6.71. The molecule has 0 aliphatic heterocycles. The number of halogens is 1. The lowest BCUT2D eigenvalue weighted by Gasteiger charge is -2.13. The predicted molar refractivity (Wildman–Crippen MR) is 101 cm³/mol. The van der Waals surface area contributed by atoms with Gasteiger partial charge in [0, 0.05) is 10.7 Å². The van der Waals surface area contributed by atoms with Crippen molar-refractivity contribution in [2.45, 2.75) is 26.7 Å². The predicted octanol–water partition coefficient (Wildman–Crippen LogP) is 3.55. The second-order valence-electron chi connectivity index (χ2n) is 5.36. The van der Waals surface area contributed by atoms with Gasteiger partial charge in [-0.1, -0.05) is 55.8 Å². The third-order valence-corrected chi connectivity index (χ3v) is 3.95. The molecular formula is C19H20ClN3O2. The van der Waals surface area contributed by atoms with Crippen LogP contribution in [0.25, 0.3) is 0 Å². The molecule has 0 spiro atoms. The van der Waals surface area contributed by atoms with E-state index in [1.807, 2.05) is 32.0 Å². The van der Waals surface area contributed by atoms with Crippen molar-refractivity contribution < 1.29 is 9.59 Å². The number of nitrogens with one attached hydrogen (secondary N) is 2. The van der Waals surface area contributed by atoms with Crippen molar-refractivity contribution in [3.63, 3.8) is 0 Å². The molecule has 0 aliphatic rings. The van der Waals surface area contributed by atoms with Gasteiger partial charge < -0.3 is 5.32 Å². The molecule has 0 heterocycles. The maximum absolute atomic E-state index is 12.1. The Morgan fingerprint density at radius 2 is 1.60 bits per heavy atom. The van der Waals surface area contributed by atoms with Crippen LogP contribution in [-0.4, -0.2) is 18.0 Å². The normalized spacial score (nSPS) is 10.7. The third-order valence-electron chi connectivity index (χ3n) is 3.69. The number of benzene rings is 2. The molecule has 0 aliphatic carbocycles. The molecule has 0 atom stereocenters. The lowest BCUT2D eigenvalue weighted by atomic mass is 10.0. The average Bonchev–Trinajstić information content (AvgIpc) is 2.63. The molecule has 2 N–H and O–H groups in total. The quantitative estimate of drug-likeness (QED) is 0.488. The van der Waals surface area contributed by atoms with Crippen LogP contribution < -0.4 is 10.7 Å². The molecule has 0 saturated carbocycles. The fraction of sp³-hybridized carbons (Fsp3) is 0.211. The van der Waals surface area contributed by atoms with E-state index in [4.69, 9.17) is 11.6 Å². The van der Waals surface area contributed by atoms with E-state index in [1.54, 1.807) is 24.3 Å². The zero-order valence-corrected chi connectivity index (χ0v) is 14.9. The average molecular weight is 358 g/mol. The monoisotopic (exact) mass is 357 g/mol. The van der Waals surface area contributed by atoms with Gasteiger partial charge in [-0.05, 0) is 41.7 Å². The van der Waals surface area contributed by atoms with Crippen LogP contribution in [0, 0.1) is 0 Å². The van der Waals surface area contributed by atoms with Crippen molar-refractivity contribution in [1.82, 2.24) is 5.43 Å². The van der Waals surface area contributed by atoms with E-state index >= 15 is 0 Å². The van der Waals surface area contributed by atoms with E-state index in [1.165, 1.54) is 6.21 Å². The Balaban J connectivity index is 2.01. The summed E-state index contributed by atoms with van der Waals surface area (Å²) in [6, 6.07) is 12.8. The van der Waals surface area contributed by atoms with Crippen LogP contribution in [0.5, 0.6) is 0 Å². The van der Waals surface area contributed by atoms with Gasteiger partial charge in [-0.25, -0.2) is 5.43 Å². The van der Waals surface area contributed by atoms with Crippen LogP contribution in [-0.2, 0) is 22.4 Å². The fourth-order valence-corrected chi connectivity index (χ4v) is 2.46. The number of hydrogen-bond acceptors (Lipinski definition) is 3. The highest BCUT2D eigenvalue weighted by Gasteiger charge is 2.16. The number of para-hydroxylation sites is 1. The summed E-state index contributed by atoms with van der Waals surface area (Å²) < 4.78 is 0. The van der Waals surface area contributed by atoms with Crippen molar-refractivity contribution in [3.8, 4) is 0 Å². The zero-order chi connectivity index (χ0) is 18.2. The number of aryl methyl sites for hydroxylation is 2. The minimum atomic E-state index is -0.821. The molecule has 0 radical (unpaired) electrons. The molecule has 0 fully saturated rings. The van der Waals surface area contributed by atoms with Crippen LogP contribution in [0.3, 0.4) is 0 Å². The highest BCUT2D eigenvalue weighted by Crippen LogP contribution is 2.22. The first-order valence-electron chi connectivity index (χ1n) is 8.05. The first-order valence-corrected chi connectivity index (χ1v) is 8.43. The number of hydrogen-bond donors (Lipinski definition) is 2. The van der Waals surface area contributed by atoms with Gasteiger partial charge in [0.1, 0.15) is 0 Å². The summed E-state index contributed by atoms with van der Waals surface area (Å²) in [6.45, 7) is 4.00. The van der Waals surface area contributed by atoms with Crippen molar-refractivity contribution in [2.75, 3.05) is 5.32 Å². The molecular weight excluding hydrogens is 338 g/mol. The highest BCUT2D eigenvalue weighted by atomic mass is 35.5. The number of anilines is 1. The minimum absolute atomic E-state index is 0.613. The van der Waals surface area contributed by atoms with Crippen molar-refractivity contribution >= 4 is 35.3 Å². The zero-order valence-electron chi connectivity index (χ0n) is 14.2. The van der Waals surface area contributed by atoms with E-state index in [0.29, 0.717) is 10.7 Å². The van der Waals surface area contributed by atoms with E-state index in [9.17, 15) is 9.59 Å². The van der Waals surface area contributed by atoms with Crippen LogP contribution in [0.15, 0.2) is 47.6 Å². The molecule has 2 rings (SSSR count). The van der Waals surface area contributed by atoms with Gasteiger partial charge in [-0.3, -0.25) is 9.59 Å². The Morgan fingerprint density at radius 1 is 1.00 bits per heavy atom. The summed E-state index contributed by atoms with van der Waals surface area (Å²) >= 11 is 5.80. The first-order chi connectivity index (χ1) is 12.0. The van der Waals surface area contributed by atoms with Crippen molar-refractivity contribution in [3.05, 3.63) is 64.2 Å². The van der Waals surface area contributed by atoms with Gasteiger partial charge in [0.05, 0.1) is 6.21 Å². The number of hydrazone groups is 1. The molecule has 6 heteroatoms. The van der Waals surface area contributed by atoms with Gasteiger partial charge in [-0.15, -0.1) is 0 Å². The van der Waals surface area contributed by atoms with E-state index in [-0.39, 0.29) is 0 Å². The summed E-state index contributed by atoms with van der Waals surface area (Å²) in [4.78, 5) is 24.1. The van der Waals surface area contributed by atoms with E-state index in [0.717, 1.165) is 29.5 Å². The van der Waals surface area contributed by atoms with Gasteiger partial charge in [-0.2, -0.15) is 5.10 Å². The molecule has 25 heavy (non-hydrogen) atoms. The number of rotatable bonds is 5. The topological polar surface area (TPSA) is 70.6 Å². The molecule has 0 saturated heterocycles. The second-order valence-corrected chi connectivity index (χ2v) is 5.80. The molecule has 5 nitrogen and oxygen atoms in total. The van der Waals surface area contributed by atoms with Crippen LogP contribution >= 0.6 is 11.6 Å². The van der Waals surface area contributed by atoms with E-state index in [2.05, 4.69) is 15.8 Å². The lowest BCUT2D eigenvalue weighted by molar-refractivity contribution is -0.136. The summed E-state index contributed by atoms with van der Waals surface area (Å²) in [5, 5.41) is 7.10. The van der Waals surface area contributed by atoms with Crippen LogP contribution in [0.1, 0.15) is 30.5 Å². The maximum Gasteiger partial charge on any atom is 0.329 e. The fourth-order valence-electron chi connectivity index (χ4n) is 2.34. The standard InChI is InChI=1S/C19H20ClN3O2/c1-3-14-6-5-7-15(4-2)17(14)22-18(24)19(25)23-21-12-13-8-10-16(20)11-9-13/h5-12H,3-4H2,1-2H3,(H,22,24)(H,23,25)/b21-12-. The Morgan fingerprint density at radius 3 is 2.16 bits per heavy atom. The largest absolute Gasteiger partial charge is 0.329 e. The number of amides is 2. The van der Waals surface area contributed by atoms with E-state index < -0.39 is 11.8 Å². The smallest absolute Gasteiger partial charge is 0.317 e. The van der Waals surface area contributed by atoms with Gasteiger partial charge >= 0.3 is 11.8 Å². The first kappa shape index (κ1) is 18.7. The van der Waals surface area contributed by atoms with Crippen molar-refractivity contribution in [2.24, 2.45) is 5.10 Å². The summed E-state index contributed by atoms with van der Waals surface area (Å²) in [5.41, 5.74) is 5.67. The second kappa shape index (κ2) is 8.99.